The Hall–Kier alpha value is -4.38. The van der Waals surface area contributed by atoms with Gasteiger partial charge in [0.2, 0.25) is 0 Å². The maximum atomic E-state index is 8.53. The smallest absolute Gasteiger partial charge is 0.163 e. The molecule has 0 spiro atoms. The van der Waals surface area contributed by atoms with Crippen molar-refractivity contribution in [1.29, 1.82) is 0 Å². The number of nitrogens with zero attached hydrogens (tertiary/aromatic N) is 4. The fraction of sp³-hybridized carbons (Fsp3) is 0.278. The minimum Gasteiger partial charge on any atom is -0.455 e. The van der Waals surface area contributed by atoms with E-state index in [9.17, 15) is 0 Å². The van der Waals surface area contributed by atoms with Gasteiger partial charge < -0.3 is 4.42 Å². The van der Waals surface area contributed by atoms with E-state index in [4.69, 9.17) is 27.6 Å². The highest BCUT2D eigenvalue weighted by Gasteiger charge is 2.25. The summed E-state index contributed by atoms with van der Waals surface area (Å²) in [5, 5.41) is 1.85. The van der Waals surface area contributed by atoms with Crippen molar-refractivity contribution in [1.82, 2.24) is 19.9 Å². The van der Waals surface area contributed by atoms with Crippen LogP contribution in [0.3, 0.4) is 0 Å². The van der Waals surface area contributed by atoms with E-state index in [0.29, 0.717) is 39.9 Å². The lowest BCUT2D eigenvalue weighted by molar-refractivity contribution is 0.497. The molecule has 0 aliphatic rings. The summed E-state index contributed by atoms with van der Waals surface area (Å²) in [7, 11) is 0. The summed E-state index contributed by atoms with van der Waals surface area (Å²) in [4.78, 5) is 18.8. The molecule has 5 heteroatoms. The molecule has 3 heterocycles. The van der Waals surface area contributed by atoms with E-state index < -0.39 is 13.7 Å². The number of para-hydroxylation sites is 2. The van der Waals surface area contributed by atoms with Gasteiger partial charge in [-0.25, -0.2) is 15.0 Å². The first-order chi connectivity index (χ1) is 21.8. The Morgan fingerprint density at radius 2 is 1.37 bits per heavy atom. The molecular weight excluding hydrogens is 504 g/mol. The van der Waals surface area contributed by atoms with Crippen LogP contribution in [-0.2, 0) is 10.8 Å². The van der Waals surface area contributed by atoms with Crippen molar-refractivity contribution in [2.45, 2.75) is 66.1 Å². The fourth-order valence-electron chi connectivity index (χ4n) is 4.87. The van der Waals surface area contributed by atoms with Gasteiger partial charge in [-0.1, -0.05) is 84.0 Å². The third-order valence-corrected chi connectivity index (χ3v) is 7.13. The predicted molar refractivity (Wildman–Crippen MR) is 168 cm³/mol. The summed E-state index contributed by atoms with van der Waals surface area (Å²) in [5.41, 5.74) is 2.63. The van der Waals surface area contributed by atoms with Crippen LogP contribution in [0.25, 0.3) is 55.7 Å². The first-order valence-corrected chi connectivity index (χ1v) is 13.7. The van der Waals surface area contributed by atoms with Gasteiger partial charge in [-0.2, -0.15) is 0 Å². The van der Waals surface area contributed by atoms with Crippen LogP contribution in [0.1, 0.15) is 72.5 Å². The Kier molecular flexibility index (Phi) is 4.81. The lowest BCUT2D eigenvalue weighted by Gasteiger charge is -2.23. The van der Waals surface area contributed by atoms with Crippen LogP contribution in [-0.4, -0.2) is 19.9 Å². The molecular formula is C36H36N4O. The zero-order valence-electron chi connectivity index (χ0n) is 30.1. The van der Waals surface area contributed by atoms with E-state index in [1.807, 2.05) is 84.0 Å². The van der Waals surface area contributed by atoms with Crippen molar-refractivity contribution in [3.8, 4) is 33.8 Å². The first kappa shape index (κ1) is 20.5. The van der Waals surface area contributed by atoms with Gasteiger partial charge in [-0.15, -0.1) is 0 Å². The second-order valence-electron chi connectivity index (χ2n) is 12.5. The molecule has 6 aromatic rings. The second kappa shape index (κ2) is 9.62. The van der Waals surface area contributed by atoms with Crippen molar-refractivity contribution in [2.75, 3.05) is 0 Å². The number of hydrogen-bond donors (Lipinski definition) is 0. The Balaban J connectivity index is 1.58. The topological polar surface area (TPSA) is 64.7 Å². The van der Waals surface area contributed by atoms with E-state index >= 15 is 0 Å². The molecule has 0 amide bonds. The van der Waals surface area contributed by atoms with Gasteiger partial charge in [0, 0.05) is 47.2 Å². The van der Waals surface area contributed by atoms with Crippen molar-refractivity contribution in [2.24, 2.45) is 0 Å². The lowest BCUT2D eigenvalue weighted by atomic mass is 9.92. The summed E-state index contributed by atoms with van der Waals surface area (Å²) in [6.07, 6.45) is 1.31. The SMILES string of the molecule is [2H]C([2H])([2H])c1cnc(-c2cccc3c2oc2ccccc23)cc1-c1ccc(-c2nc(C(C)(C)C)nc(C(C)(C)C)n2)cc1C([2H])([2H])[2H]. The molecule has 6 rings (SSSR count). The van der Waals surface area contributed by atoms with Crippen LogP contribution < -0.4 is 0 Å². The summed E-state index contributed by atoms with van der Waals surface area (Å²) < 4.78 is 56.8. The second-order valence-corrected chi connectivity index (χ2v) is 12.5. The quantitative estimate of drug-likeness (QED) is 0.221. The molecule has 0 saturated heterocycles. The molecule has 0 aliphatic carbocycles. The van der Waals surface area contributed by atoms with Crippen molar-refractivity contribution < 1.29 is 12.6 Å². The average Bonchev–Trinajstić information content (AvgIpc) is 3.37. The Labute approximate surface area is 250 Å². The number of aromatic nitrogens is 4. The third-order valence-electron chi connectivity index (χ3n) is 7.13. The standard InChI is InChI=1S/C36H36N4O/c1-21-18-23(32-38-33(35(3,4)5)40-34(39-32)36(6,7)8)16-17-24(21)28-19-29(37-20-22(28)2)27-14-11-13-26-25-12-9-10-15-30(25)41-31(26)27/h9-20H,1-8H3/i1D3,2D3. The van der Waals surface area contributed by atoms with Crippen LogP contribution in [0.4, 0.5) is 0 Å². The zero-order chi connectivity index (χ0) is 34.1. The first-order valence-electron chi connectivity index (χ1n) is 16.7. The minimum atomic E-state index is -2.59. The number of hydrogen-bond acceptors (Lipinski definition) is 5. The maximum absolute atomic E-state index is 8.53. The lowest BCUT2D eigenvalue weighted by Crippen LogP contribution is -2.24. The molecule has 0 aliphatic heterocycles. The van der Waals surface area contributed by atoms with Gasteiger partial charge >= 0.3 is 0 Å². The number of aryl methyl sites for hydroxylation is 2. The Bertz CT molecular complexity index is 2120. The molecule has 3 aromatic heterocycles. The molecule has 206 valence electrons. The van der Waals surface area contributed by atoms with E-state index in [2.05, 4.69) is 4.98 Å². The molecule has 41 heavy (non-hydrogen) atoms. The summed E-state index contributed by atoms with van der Waals surface area (Å²) in [6, 6.07) is 20.0. The fourth-order valence-corrected chi connectivity index (χ4v) is 4.87. The highest BCUT2D eigenvalue weighted by atomic mass is 16.3. The van der Waals surface area contributed by atoms with E-state index in [1.165, 1.54) is 6.20 Å². The van der Waals surface area contributed by atoms with E-state index in [0.717, 1.165) is 16.4 Å². The van der Waals surface area contributed by atoms with Crippen molar-refractivity contribution >= 4 is 21.9 Å². The summed E-state index contributed by atoms with van der Waals surface area (Å²) in [6.45, 7) is 6.92. The Morgan fingerprint density at radius 3 is 2.07 bits per heavy atom. The van der Waals surface area contributed by atoms with Gasteiger partial charge in [0.25, 0.3) is 0 Å². The van der Waals surface area contributed by atoms with Gasteiger partial charge in [0.05, 0.1) is 5.69 Å². The van der Waals surface area contributed by atoms with Crippen molar-refractivity contribution in [3.05, 3.63) is 95.7 Å². The monoisotopic (exact) mass is 546 g/mol. The number of benzene rings is 3. The number of pyridine rings is 1. The number of furan rings is 1. The van der Waals surface area contributed by atoms with Gasteiger partial charge in [0.1, 0.15) is 22.8 Å². The van der Waals surface area contributed by atoms with Crippen LogP contribution in [0.5, 0.6) is 0 Å². The largest absolute Gasteiger partial charge is 0.455 e. The van der Waals surface area contributed by atoms with Crippen LogP contribution >= 0.6 is 0 Å². The molecule has 0 atom stereocenters. The zero-order valence-corrected chi connectivity index (χ0v) is 24.1. The summed E-state index contributed by atoms with van der Waals surface area (Å²) in [5.74, 6) is 1.54. The molecule has 0 unspecified atom stereocenters. The maximum Gasteiger partial charge on any atom is 0.163 e. The van der Waals surface area contributed by atoms with Gasteiger partial charge in [-0.3, -0.25) is 4.98 Å². The molecule has 0 bridgehead atoms. The predicted octanol–water partition coefficient (Wildman–Crippen LogP) is 9.38. The number of fused-ring (bicyclic) bond motifs is 3. The summed E-state index contributed by atoms with van der Waals surface area (Å²) >= 11 is 0. The molecule has 0 fully saturated rings. The molecule has 0 N–H and O–H groups in total. The van der Waals surface area contributed by atoms with Crippen LogP contribution in [0.2, 0.25) is 0 Å². The van der Waals surface area contributed by atoms with Crippen molar-refractivity contribution in [3.63, 3.8) is 0 Å². The van der Waals surface area contributed by atoms with Crippen LogP contribution in [0, 0.1) is 13.7 Å². The Morgan fingerprint density at radius 1 is 0.659 bits per heavy atom. The molecule has 0 radical (unpaired) electrons. The highest BCUT2D eigenvalue weighted by Crippen LogP contribution is 2.38. The van der Waals surface area contributed by atoms with Crippen LogP contribution in [0.15, 0.2) is 77.3 Å². The molecule has 5 nitrogen and oxygen atoms in total. The van der Waals surface area contributed by atoms with E-state index in [1.54, 1.807) is 24.3 Å². The number of rotatable bonds is 3. The third kappa shape index (κ3) is 4.90. The highest BCUT2D eigenvalue weighted by molar-refractivity contribution is 6.09. The van der Waals surface area contributed by atoms with Gasteiger partial charge in [-0.05, 0) is 60.2 Å². The molecule has 0 saturated carbocycles. The average molecular weight is 547 g/mol. The van der Waals surface area contributed by atoms with Gasteiger partial charge in [0.15, 0.2) is 5.82 Å². The normalized spacial score (nSPS) is 15.2. The molecule has 3 aromatic carbocycles. The minimum absolute atomic E-state index is 0.0189. The van der Waals surface area contributed by atoms with E-state index in [-0.39, 0.29) is 33.1 Å².